The molecule has 1 saturated heterocycles. The van der Waals surface area contributed by atoms with Crippen LogP contribution in [0.15, 0.2) is 0 Å². The lowest BCUT2D eigenvalue weighted by molar-refractivity contribution is 0.117. The van der Waals surface area contributed by atoms with Crippen LogP contribution in [-0.4, -0.2) is 41.8 Å². The summed E-state index contributed by atoms with van der Waals surface area (Å²) >= 11 is 0. The van der Waals surface area contributed by atoms with Crippen molar-refractivity contribution < 1.29 is 9.90 Å². The lowest BCUT2D eigenvalue weighted by Crippen LogP contribution is -2.51. The van der Waals surface area contributed by atoms with Crippen molar-refractivity contribution in [1.29, 1.82) is 0 Å². The van der Waals surface area contributed by atoms with Crippen LogP contribution in [0.2, 0.25) is 0 Å². The van der Waals surface area contributed by atoms with E-state index in [0.717, 1.165) is 13.1 Å². The summed E-state index contributed by atoms with van der Waals surface area (Å²) in [5.41, 5.74) is 0. The molecule has 2 N–H and O–H groups in total. The first kappa shape index (κ1) is 7.34. The van der Waals surface area contributed by atoms with E-state index < -0.39 is 6.09 Å². The molecule has 0 aromatic rings. The Kier molecular flexibility index (Phi) is 2.11. The third-order valence-corrected chi connectivity index (χ3v) is 1.75. The van der Waals surface area contributed by atoms with Crippen molar-refractivity contribution in [3.63, 3.8) is 0 Å². The zero-order valence-corrected chi connectivity index (χ0v) is 6.00. The Hall–Kier alpha value is -0.770. The maximum absolute atomic E-state index is 10.5. The van der Waals surface area contributed by atoms with E-state index in [1.54, 1.807) is 0 Å². The third-order valence-electron chi connectivity index (χ3n) is 1.75. The number of nitrogens with zero attached hydrogens (tertiary/aromatic N) is 1. The molecule has 0 bridgehead atoms. The molecule has 1 aliphatic heterocycles. The van der Waals surface area contributed by atoms with Crippen LogP contribution in [0.1, 0.15) is 6.92 Å². The molecule has 0 saturated carbocycles. The van der Waals surface area contributed by atoms with Gasteiger partial charge in [0.05, 0.1) is 0 Å². The van der Waals surface area contributed by atoms with E-state index in [9.17, 15) is 4.79 Å². The van der Waals surface area contributed by atoms with Crippen LogP contribution in [0.25, 0.3) is 0 Å². The molecule has 1 rings (SSSR count). The molecular weight excluding hydrogens is 132 g/mol. The van der Waals surface area contributed by atoms with Crippen molar-refractivity contribution in [2.45, 2.75) is 13.0 Å². The molecule has 4 nitrogen and oxygen atoms in total. The van der Waals surface area contributed by atoms with Gasteiger partial charge in [0.2, 0.25) is 0 Å². The highest BCUT2D eigenvalue weighted by Gasteiger charge is 2.21. The lowest BCUT2D eigenvalue weighted by Gasteiger charge is -2.31. The predicted molar refractivity (Wildman–Crippen MR) is 37.1 cm³/mol. The highest BCUT2D eigenvalue weighted by Crippen LogP contribution is 2.01. The molecular formula is C6H12N2O2. The molecule has 0 spiro atoms. The van der Waals surface area contributed by atoms with E-state index in [1.165, 1.54) is 4.90 Å². The molecule has 1 atom stereocenters. The number of rotatable bonds is 0. The van der Waals surface area contributed by atoms with Gasteiger partial charge < -0.3 is 15.3 Å². The van der Waals surface area contributed by atoms with Crippen LogP contribution in [0.5, 0.6) is 0 Å². The van der Waals surface area contributed by atoms with E-state index in [2.05, 4.69) is 5.32 Å². The quantitative estimate of drug-likeness (QED) is 0.501. The fourth-order valence-corrected chi connectivity index (χ4v) is 1.13. The Balaban J connectivity index is 2.47. The van der Waals surface area contributed by atoms with Gasteiger partial charge in [0.25, 0.3) is 0 Å². The predicted octanol–water partition coefficient (Wildman–Crippen LogP) is -0.0419. The molecule has 1 amide bonds. The van der Waals surface area contributed by atoms with Gasteiger partial charge in [0.15, 0.2) is 0 Å². The molecule has 0 aliphatic carbocycles. The van der Waals surface area contributed by atoms with Gasteiger partial charge in [-0.25, -0.2) is 4.79 Å². The second-order valence-corrected chi connectivity index (χ2v) is 2.53. The Bertz CT molecular complexity index is 138. The van der Waals surface area contributed by atoms with Crippen molar-refractivity contribution in [3.05, 3.63) is 0 Å². The van der Waals surface area contributed by atoms with Crippen LogP contribution in [0, 0.1) is 0 Å². The minimum absolute atomic E-state index is 0.117. The van der Waals surface area contributed by atoms with Crippen molar-refractivity contribution in [1.82, 2.24) is 10.2 Å². The Morgan fingerprint density at radius 2 is 2.50 bits per heavy atom. The summed E-state index contributed by atoms with van der Waals surface area (Å²) in [6.45, 7) is 4.06. The van der Waals surface area contributed by atoms with E-state index in [-0.39, 0.29) is 6.04 Å². The van der Waals surface area contributed by atoms with Gasteiger partial charge in [-0.15, -0.1) is 0 Å². The molecule has 58 valence electrons. The molecule has 0 aromatic heterocycles. The van der Waals surface area contributed by atoms with Crippen LogP contribution < -0.4 is 5.32 Å². The number of hydrogen-bond acceptors (Lipinski definition) is 2. The van der Waals surface area contributed by atoms with E-state index in [4.69, 9.17) is 5.11 Å². The van der Waals surface area contributed by atoms with Crippen molar-refractivity contribution >= 4 is 6.09 Å². The highest BCUT2D eigenvalue weighted by molar-refractivity contribution is 5.65. The number of carbonyl (C=O) groups is 1. The average Bonchev–Trinajstić information content (AvgIpc) is 1.88. The second-order valence-electron chi connectivity index (χ2n) is 2.53. The maximum Gasteiger partial charge on any atom is 0.407 e. The molecule has 0 aromatic carbocycles. The topological polar surface area (TPSA) is 52.6 Å². The lowest BCUT2D eigenvalue weighted by atomic mass is 10.2. The standard InChI is InChI=1S/C6H12N2O2/c1-5-4-7-2-3-8(5)6(9)10/h5,7H,2-4H2,1H3,(H,9,10)/t5-/m1/s1. The third kappa shape index (κ3) is 1.39. The van der Waals surface area contributed by atoms with Gasteiger partial charge in [-0.2, -0.15) is 0 Å². The summed E-state index contributed by atoms with van der Waals surface area (Å²) in [7, 11) is 0. The van der Waals surface area contributed by atoms with Gasteiger partial charge in [-0.1, -0.05) is 0 Å². The zero-order valence-electron chi connectivity index (χ0n) is 6.00. The van der Waals surface area contributed by atoms with Gasteiger partial charge >= 0.3 is 6.09 Å². The Morgan fingerprint density at radius 3 is 2.90 bits per heavy atom. The van der Waals surface area contributed by atoms with Crippen molar-refractivity contribution in [2.75, 3.05) is 19.6 Å². The number of carboxylic acid groups (broad SMARTS) is 1. The summed E-state index contributed by atoms with van der Waals surface area (Å²) in [4.78, 5) is 11.9. The van der Waals surface area contributed by atoms with Crippen LogP contribution in [0.3, 0.4) is 0 Å². The number of piperazine rings is 1. The Labute approximate surface area is 59.8 Å². The first-order chi connectivity index (χ1) is 4.72. The smallest absolute Gasteiger partial charge is 0.407 e. The van der Waals surface area contributed by atoms with Gasteiger partial charge in [0, 0.05) is 25.7 Å². The second kappa shape index (κ2) is 2.88. The van der Waals surface area contributed by atoms with Gasteiger partial charge in [0.1, 0.15) is 0 Å². The summed E-state index contributed by atoms with van der Waals surface area (Å²) in [6.07, 6.45) is -0.811. The van der Waals surface area contributed by atoms with Gasteiger partial charge in [-0.05, 0) is 6.92 Å². The van der Waals surface area contributed by atoms with Gasteiger partial charge in [-0.3, -0.25) is 0 Å². The minimum atomic E-state index is -0.811. The minimum Gasteiger partial charge on any atom is -0.465 e. The van der Waals surface area contributed by atoms with E-state index in [1.807, 2.05) is 6.92 Å². The molecule has 1 heterocycles. The molecule has 4 heteroatoms. The van der Waals surface area contributed by atoms with Crippen LogP contribution >= 0.6 is 0 Å². The molecule has 0 radical (unpaired) electrons. The summed E-state index contributed by atoms with van der Waals surface area (Å²) in [6, 6.07) is 0.117. The SMILES string of the molecule is C[C@@H]1CNCCN1C(=O)O. The largest absolute Gasteiger partial charge is 0.465 e. The molecule has 10 heavy (non-hydrogen) atoms. The number of nitrogens with one attached hydrogen (secondary N) is 1. The average molecular weight is 144 g/mol. The highest BCUT2D eigenvalue weighted by atomic mass is 16.4. The summed E-state index contributed by atoms with van der Waals surface area (Å²) in [5, 5.41) is 11.7. The first-order valence-corrected chi connectivity index (χ1v) is 3.42. The number of hydrogen-bond donors (Lipinski definition) is 2. The first-order valence-electron chi connectivity index (χ1n) is 3.42. The normalized spacial score (nSPS) is 26.5. The monoisotopic (exact) mass is 144 g/mol. The van der Waals surface area contributed by atoms with Crippen LogP contribution in [0.4, 0.5) is 4.79 Å². The molecule has 1 aliphatic rings. The van der Waals surface area contributed by atoms with Crippen molar-refractivity contribution in [3.8, 4) is 0 Å². The summed E-state index contributed by atoms with van der Waals surface area (Å²) < 4.78 is 0. The number of amides is 1. The Morgan fingerprint density at radius 1 is 1.80 bits per heavy atom. The van der Waals surface area contributed by atoms with Crippen molar-refractivity contribution in [2.24, 2.45) is 0 Å². The zero-order chi connectivity index (χ0) is 7.56. The van der Waals surface area contributed by atoms with Crippen LogP contribution in [-0.2, 0) is 0 Å². The van der Waals surface area contributed by atoms with E-state index >= 15 is 0 Å². The maximum atomic E-state index is 10.5. The molecule has 1 fully saturated rings. The fourth-order valence-electron chi connectivity index (χ4n) is 1.13. The summed E-state index contributed by atoms with van der Waals surface area (Å²) in [5.74, 6) is 0. The molecule has 0 unspecified atom stereocenters. The van der Waals surface area contributed by atoms with E-state index in [0.29, 0.717) is 6.54 Å². The fraction of sp³-hybridized carbons (Fsp3) is 0.833.